The number of benzene rings is 1. The second-order valence-electron chi connectivity index (χ2n) is 37.9. The summed E-state index contributed by atoms with van der Waals surface area (Å²) >= 11 is 0. The van der Waals surface area contributed by atoms with E-state index in [1.54, 1.807) is 83.1 Å². The number of carbonyl (C=O) groups excluding carboxylic acids is 5. The van der Waals surface area contributed by atoms with Crippen LogP contribution in [0.3, 0.4) is 0 Å². The van der Waals surface area contributed by atoms with Gasteiger partial charge in [-0.15, -0.1) is 0 Å². The van der Waals surface area contributed by atoms with Gasteiger partial charge in [-0.25, -0.2) is 4.79 Å². The van der Waals surface area contributed by atoms with E-state index < -0.39 is 210 Å². The fourth-order valence-electron chi connectivity index (χ4n) is 19.3. The largest absolute Gasteiger partial charge is 0.459 e. The molecule has 0 bridgehead atoms. The molecule has 1 aromatic carbocycles. The molecule has 0 aromatic heterocycles. The molecule has 36 atom stereocenters. The van der Waals surface area contributed by atoms with Crippen molar-refractivity contribution in [1.29, 1.82) is 0 Å². The molecule has 6 aliphatic rings. The predicted octanol–water partition coefficient (Wildman–Crippen LogP) is 6.71. The molecule has 0 saturated carbocycles. The maximum Gasteiger partial charge on any atom is 0.332 e. The van der Waals surface area contributed by atoms with Crippen molar-refractivity contribution >= 4 is 29.8 Å². The molecule has 7 rings (SSSR count). The third kappa shape index (κ3) is 26.9. The molecule has 32 nitrogen and oxygen atoms in total. The maximum atomic E-state index is 14.8. The zero-order valence-corrected chi connectivity index (χ0v) is 78.2. The van der Waals surface area contributed by atoms with E-state index in [0.29, 0.717) is 25.9 Å². The highest BCUT2D eigenvalue weighted by Gasteiger charge is 2.58. The van der Waals surface area contributed by atoms with Crippen molar-refractivity contribution in [3.8, 4) is 0 Å². The minimum absolute atomic E-state index is 0.0832. The minimum atomic E-state index is -1.92. The lowest BCUT2D eigenvalue weighted by molar-refractivity contribution is -0.319. The molecule has 0 spiro atoms. The van der Waals surface area contributed by atoms with Crippen LogP contribution in [-0.4, -0.2) is 342 Å². The number of rotatable bonds is 21. The number of ether oxygens (including phenoxy) is 16. The van der Waals surface area contributed by atoms with Gasteiger partial charge in [0, 0.05) is 77.9 Å². The van der Waals surface area contributed by atoms with Crippen molar-refractivity contribution in [2.75, 3.05) is 76.2 Å². The molecule has 1 aromatic rings. The molecule has 0 unspecified atom stereocenters. The normalized spacial score (nSPS) is 44.1. The second-order valence-corrected chi connectivity index (χ2v) is 37.9. The van der Waals surface area contributed by atoms with E-state index in [-0.39, 0.29) is 87.9 Å². The molecule has 0 radical (unpaired) electrons. The van der Waals surface area contributed by atoms with Gasteiger partial charge in [0.2, 0.25) is 0 Å². The Labute approximate surface area is 720 Å². The molecule has 6 saturated heterocycles. The zero-order chi connectivity index (χ0) is 91.4. The van der Waals surface area contributed by atoms with E-state index in [0.717, 1.165) is 5.56 Å². The highest BCUT2D eigenvalue weighted by atomic mass is 16.7. The van der Waals surface area contributed by atoms with Gasteiger partial charge >= 0.3 is 29.8 Å². The molecule has 7 N–H and O–H groups in total. The zero-order valence-electron chi connectivity index (χ0n) is 78.2. The van der Waals surface area contributed by atoms with E-state index >= 15 is 0 Å². The second kappa shape index (κ2) is 44.6. The van der Waals surface area contributed by atoms with Gasteiger partial charge in [0.15, 0.2) is 37.4 Å². The van der Waals surface area contributed by atoms with E-state index in [2.05, 4.69) is 0 Å². The van der Waals surface area contributed by atoms with Crippen LogP contribution in [0.15, 0.2) is 30.3 Å². The van der Waals surface area contributed by atoms with Crippen molar-refractivity contribution in [3.63, 3.8) is 0 Å². The molecular weight excluding hydrogens is 1570 g/mol. The van der Waals surface area contributed by atoms with E-state index in [1.165, 1.54) is 41.9 Å². The Kier molecular flexibility index (Phi) is 38.9. The van der Waals surface area contributed by atoms with Gasteiger partial charge in [-0.3, -0.25) is 24.1 Å². The number of cyclic esters (lactones) is 2. The third-order valence-electron chi connectivity index (χ3n) is 26.5. The summed E-state index contributed by atoms with van der Waals surface area (Å²) in [6, 6.07) is 7.63. The van der Waals surface area contributed by atoms with Crippen molar-refractivity contribution in [2.24, 2.45) is 35.5 Å². The van der Waals surface area contributed by atoms with Crippen LogP contribution in [0.25, 0.3) is 0 Å². The lowest BCUT2D eigenvalue weighted by Gasteiger charge is -2.49. The Balaban J connectivity index is 0.000000381. The summed E-state index contributed by atoms with van der Waals surface area (Å²) in [7, 11) is 14.2. The summed E-state index contributed by atoms with van der Waals surface area (Å²) in [6.45, 7) is 38.3. The van der Waals surface area contributed by atoms with Crippen LogP contribution in [-0.2, 0) is 106 Å². The van der Waals surface area contributed by atoms with Crippen LogP contribution in [0.2, 0.25) is 0 Å². The topological polar surface area (TPSA) is 388 Å². The van der Waals surface area contributed by atoms with Gasteiger partial charge in [0.05, 0.1) is 102 Å². The van der Waals surface area contributed by atoms with Crippen LogP contribution in [0.4, 0.5) is 0 Å². The van der Waals surface area contributed by atoms with Gasteiger partial charge < -0.3 is 126 Å². The quantitative estimate of drug-likeness (QED) is 0.0496. The third-order valence-corrected chi connectivity index (χ3v) is 26.5. The number of likely N-dealkylation sites (N-methyl/N-ethyl adjacent to an activating group) is 4. The summed E-state index contributed by atoms with van der Waals surface area (Å²) in [6.07, 6.45) is -17.1. The lowest BCUT2D eigenvalue weighted by Crippen LogP contribution is -2.61. The summed E-state index contributed by atoms with van der Waals surface area (Å²) in [5.74, 6) is -7.38. The predicted molar refractivity (Wildman–Crippen MR) is 447 cm³/mol. The standard InChI is InChI=1S/C49H82N2O15.C40H74N2O13/c1-16-37-49(11,57)44(64-38(53)27-59-26-35-20-18-17-19-21-35)32(6)51(14)25-28(2)23-47(9,56)43(66-46-41(62-34(8)52)36(50(12)13)22-29(3)60-46)30(4)40(31(5)45(55)63-37)65-39-24-48(10,58-15)42(54)33(7)61-39;1-16-29-40(11,48)33(44)25(6)42(14)20-21(2)18-38(9,47)35(55-37-32(52-27(8)43)28(41(12)13)17-22(3)50-37)23(4)31(24(5)36(46)53-29)54-30-19-39(10,49-15)34(45)26(7)51-30/h17-21,28-33,36-37,39-44,46,54,56-57H,16,22-27H2,1-15H3;21-26,28-35,37,44-45,47-48H,16-20H2,1-15H3/t28-,29-,30+,31-,32-,33+,36+,37-,39+,40+,41-,42+,43-,44-,46+,47-,48-,49-;21-,22-,23+,24-,25-,26+,28+,29-,30+,31+,32-,33-,34+,35-,37+,38-,39-,40-/m11/s1. The number of hydrogen-bond acceptors (Lipinski definition) is 32. The summed E-state index contributed by atoms with van der Waals surface area (Å²) in [5.41, 5.74) is -8.24. The first-order valence-corrected chi connectivity index (χ1v) is 43.6. The highest BCUT2D eigenvalue weighted by Crippen LogP contribution is 2.45. The molecule has 6 aliphatic heterocycles. The minimum Gasteiger partial charge on any atom is -0.459 e. The summed E-state index contributed by atoms with van der Waals surface area (Å²) in [5, 5.41) is 83.5. The molecule has 700 valence electrons. The van der Waals surface area contributed by atoms with Gasteiger partial charge in [-0.2, -0.15) is 0 Å². The number of aliphatic hydroxyl groups is 7. The van der Waals surface area contributed by atoms with Crippen molar-refractivity contribution in [3.05, 3.63) is 35.9 Å². The Morgan fingerprint density at radius 1 is 0.504 bits per heavy atom. The van der Waals surface area contributed by atoms with Crippen LogP contribution in [0, 0.1) is 35.5 Å². The molecule has 0 aliphatic carbocycles. The number of aliphatic hydroxyl groups excluding tert-OH is 3. The Bertz CT molecular complexity index is 3380. The van der Waals surface area contributed by atoms with E-state index in [4.69, 9.17) is 75.8 Å². The van der Waals surface area contributed by atoms with Crippen LogP contribution in [0.1, 0.15) is 209 Å². The molecule has 6 heterocycles. The van der Waals surface area contributed by atoms with Gasteiger partial charge in [0.1, 0.15) is 54.4 Å². The smallest absolute Gasteiger partial charge is 0.332 e. The molecular formula is C89H156N4O28. The van der Waals surface area contributed by atoms with Gasteiger partial charge in [0.25, 0.3) is 0 Å². The Hall–Kier alpha value is -4.31. The Morgan fingerprint density at radius 2 is 0.884 bits per heavy atom. The number of methoxy groups -OCH3 is 2. The fraction of sp³-hybridized carbons (Fsp3) is 0.876. The van der Waals surface area contributed by atoms with E-state index in [1.807, 2.05) is 134 Å². The molecule has 121 heavy (non-hydrogen) atoms. The summed E-state index contributed by atoms with van der Waals surface area (Å²) < 4.78 is 100. The van der Waals surface area contributed by atoms with Crippen LogP contribution < -0.4 is 0 Å². The average Bonchev–Trinajstić information content (AvgIpc) is 1.71. The van der Waals surface area contributed by atoms with Crippen molar-refractivity contribution in [1.82, 2.24) is 19.6 Å². The first kappa shape index (κ1) is 105. The number of esters is 5. The number of nitrogens with zero attached hydrogens (tertiary/aromatic N) is 4. The molecule has 0 amide bonds. The maximum absolute atomic E-state index is 14.8. The fourth-order valence-corrected chi connectivity index (χ4v) is 19.3. The number of hydrogen-bond donors (Lipinski definition) is 7. The monoisotopic (exact) mass is 1730 g/mol. The summed E-state index contributed by atoms with van der Waals surface area (Å²) in [4.78, 5) is 75.5. The van der Waals surface area contributed by atoms with Crippen molar-refractivity contribution in [2.45, 2.75) is 391 Å². The Morgan fingerprint density at radius 3 is 1.25 bits per heavy atom. The van der Waals surface area contributed by atoms with Crippen LogP contribution in [0.5, 0.6) is 0 Å². The van der Waals surface area contributed by atoms with E-state index in [9.17, 15) is 59.7 Å². The van der Waals surface area contributed by atoms with Crippen LogP contribution >= 0.6 is 0 Å². The first-order chi connectivity index (χ1) is 56.1. The highest BCUT2D eigenvalue weighted by molar-refractivity contribution is 5.74. The molecule has 6 fully saturated rings. The number of carbonyl (C=O) groups is 5. The average molecular weight is 1730 g/mol. The molecule has 32 heteroatoms. The van der Waals surface area contributed by atoms with Gasteiger partial charge in [-0.1, -0.05) is 71.9 Å². The first-order valence-electron chi connectivity index (χ1n) is 43.6. The van der Waals surface area contributed by atoms with Crippen molar-refractivity contribution < 1.29 is 136 Å². The van der Waals surface area contributed by atoms with Gasteiger partial charge in [-0.05, 0) is 195 Å². The lowest BCUT2D eigenvalue weighted by atomic mass is 9.77. The SMILES string of the molecule is CC[C@H]1OC(=O)[C@H](C)[C@@H](O[C@H]2C[C@@](C)(OC)[C@@H](O)[C@H](C)O2)[C@H](C)[C@@H](O[C@@H]2O[C@H](C)C[C@H](N(C)C)[C@H]2OC(C)=O)[C@](C)(O)C[C@@H](C)CN(C)[C@H](C)[C@@H](O)[C@]1(C)O.CC[C@H]1OC(=O)[C@H](C)[C@@H](O[C@H]2C[C@@](C)(OC)[C@@H](O)[C@H](C)O2)[C@H](C)[C@@H](O[C@@H]2O[C@H](C)C[C@H](N(C)C)[C@H]2OC(C)=O)[C@](C)(O)C[C@@H](C)CN(C)[C@H](C)[C@@H](OC(=O)COCc2ccccc2)[C@]1(C)O.